The van der Waals surface area contributed by atoms with Crippen molar-refractivity contribution in [2.45, 2.75) is 78.4 Å². The number of rotatable bonds is 5. The van der Waals surface area contributed by atoms with E-state index in [-0.39, 0.29) is 11.3 Å². The summed E-state index contributed by atoms with van der Waals surface area (Å²) in [5, 5.41) is 0. The van der Waals surface area contributed by atoms with Gasteiger partial charge >= 0.3 is 0 Å². The normalized spacial score (nSPS) is 38.8. The fourth-order valence-corrected chi connectivity index (χ4v) is 11.0. The van der Waals surface area contributed by atoms with E-state index in [0.29, 0.717) is 17.4 Å². The number of carbonyl (C=O) groups is 1. The SMILES string of the molecule is CC[SiH](CC)C1C2CCC(C2)C1(C(N)=O)C1=C(C)C(C)=C(C)C1C. The molecule has 0 saturated heterocycles. The van der Waals surface area contributed by atoms with E-state index in [2.05, 4.69) is 41.5 Å². The zero-order valence-corrected chi connectivity index (χ0v) is 17.6. The van der Waals surface area contributed by atoms with Gasteiger partial charge in [-0.15, -0.1) is 0 Å². The van der Waals surface area contributed by atoms with Gasteiger partial charge in [0.25, 0.3) is 0 Å². The Morgan fingerprint density at radius 2 is 1.79 bits per heavy atom. The Kier molecular flexibility index (Phi) is 4.61. The Morgan fingerprint density at radius 3 is 2.25 bits per heavy atom. The molecule has 3 rings (SSSR count). The molecular formula is C21H35NOSi. The van der Waals surface area contributed by atoms with Gasteiger partial charge in [-0.25, -0.2) is 0 Å². The summed E-state index contributed by atoms with van der Waals surface area (Å²) in [4.78, 5) is 13.1. The van der Waals surface area contributed by atoms with Crippen molar-refractivity contribution in [2.75, 3.05) is 0 Å². The van der Waals surface area contributed by atoms with Crippen molar-refractivity contribution in [2.24, 2.45) is 28.9 Å². The quantitative estimate of drug-likeness (QED) is 0.713. The van der Waals surface area contributed by atoms with Gasteiger partial charge in [-0.3, -0.25) is 4.79 Å². The fraction of sp³-hybridized carbons (Fsp3) is 0.762. The van der Waals surface area contributed by atoms with Gasteiger partial charge in [0.15, 0.2) is 0 Å². The predicted molar refractivity (Wildman–Crippen MR) is 105 cm³/mol. The first-order valence-corrected chi connectivity index (χ1v) is 12.3. The van der Waals surface area contributed by atoms with E-state index in [1.54, 1.807) is 0 Å². The molecule has 2 N–H and O–H groups in total. The highest BCUT2D eigenvalue weighted by molar-refractivity contribution is 6.61. The monoisotopic (exact) mass is 345 g/mol. The Morgan fingerprint density at radius 1 is 1.17 bits per heavy atom. The van der Waals surface area contributed by atoms with Crippen LogP contribution in [0.3, 0.4) is 0 Å². The van der Waals surface area contributed by atoms with Crippen LogP contribution in [0.4, 0.5) is 0 Å². The van der Waals surface area contributed by atoms with Crippen LogP contribution in [0, 0.1) is 23.2 Å². The Bertz CT molecular complexity index is 615. The molecule has 24 heavy (non-hydrogen) atoms. The molecule has 2 nitrogen and oxygen atoms in total. The average molecular weight is 346 g/mol. The van der Waals surface area contributed by atoms with Gasteiger partial charge in [0.05, 0.1) is 5.41 Å². The van der Waals surface area contributed by atoms with Gasteiger partial charge in [0.2, 0.25) is 5.91 Å². The van der Waals surface area contributed by atoms with Crippen LogP contribution < -0.4 is 5.73 Å². The second-order valence-electron chi connectivity index (χ2n) is 8.67. The number of nitrogens with two attached hydrogens (primary N) is 1. The van der Waals surface area contributed by atoms with Crippen molar-refractivity contribution in [3.05, 3.63) is 22.3 Å². The second-order valence-corrected chi connectivity index (χ2v) is 12.5. The third kappa shape index (κ3) is 2.09. The highest BCUT2D eigenvalue weighted by Crippen LogP contribution is 2.69. The second kappa shape index (κ2) is 6.16. The van der Waals surface area contributed by atoms with Crippen molar-refractivity contribution in [3.8, 4) is 0 Å². The summed E-state index contributed by atoms with van der Waals surface area (Å²) in [6.45, 7) is 13.8. The maximum atomic E-state index is 13.1. The van der Waals surface area contributed by atoms with E-state index in [1.165, 1.54) is 53.6 Å². The summed E-state index contributed by atoms with van der Waals surface area (Å²) in [6, 6.07) is 2.59. The Hall–Kier alpha value is -0.833. The fourth-order valence-electron chi connectivity index (χ4n) is 6.88. The van der Waals surface area contributed by atoms with Crippen LogP contribution in [-0.2, 0) is 4.79 Å². The average Bonchev–Trinajstić information content (AvgIpc) is 3.20. The van der Waals surface area contributed by atoms with Gasteiger partial charge in [0.1, 0.15) is 0 Å². The smallest absolute Gasteiger partial charge is 0.228 e. The first kappa shape index (κ1) is 18.0. The number of allylic oxidation sites excluding steroid dienone is 3. The molecule has 2 saturated carbocycles. The van der Waals surface area contributed by atoms with E-state index >= 15 is 0 Å². The van der Waals surface area contributed by atoms with Gasteiger partial charge in [-0.2, -0.15) is 0 Å². The highest BCUT2D eigenvalue weighted by Gasteiger charge is 2.65. The molecule has 0 radical (unpaired) electrons. The molecule has 3 aliphatic rings. The first-order valence-electron chi connectivity index (χ1n) is 10.0. The summed E-state index contributed by atoms with van der Waals surface area (Å²) < 4.78 is 0. The summed E-state index contributed by atoms with van der Waals surface area (Å²) in [6.07, 6.45) is 3.79. The minimum absolute atomic E-state index is 0.00259. The van der Waals surface area contributed by atoms with Crippen LogP contribution in [0.2, 0.25) is 17.6 Å². The maximum absolute atomic E-state index is 13.1. The number of primary amides is 1. The molecule has 3 heteroatoms. The molecule has 2 fully saturated rings. The maximum Gasteiger partial charge on any atom is 0.228 e. The predicted octanol–water partition coefficient (Wildman–Crippen LogP) is 4.83. The first-order chi connectivity index (χ1) is 11.3. The standard InChI is InChI=1S/C21H35NOSi/c1-7-24(8-2)19-16-9-10-17(11-16)21(19,20(22)23)18-14(5)12(3)13(4)15(18)6/h14,16-17,19,24H,7-11H2,1-6H3,(H2,22,23). The summed E-state index contributed by atoms with van der Waals surface area (Å²) in [7, 11) is -0.976. The molecular weight excluding hydrogens is 310 g/mol. The third-order valence-corrected chi connectivity index (χ3v) is 12.4. The molecule has 1 amide bonds. The highest BCUT2D eigenvalue weighted by atomic mass is 28.3. The van der Waals surface area contributed by atoms with Crippen molar-refractivity contribution < 1.29 is 4.79 Å². The molecule has 3 aliphatic carbocycles. The molecule has 0 spiro atoms. The van der Waals surface area contributed by atoms with Gasteiger partial charge in [-0.05, 0) is 73.6 Å². The van der Waals surface area contributed by atoms with Crippen molar-refractivity contribution in [3.63, 3.8) is 0 Å². The number of hydrogen-bond acceptors (Lipinski definition) is 1. The lowest BCUT2D eigenvalue weighted by Gasteiger charge is -2.47. The van der Waals surface area contributed by atoms with E-state index in [0.717, 1.165) is 5.92 Å². The zero-order valence-electron chi connectivity index (χ0n) is 16.4. The van der Waals surface area contributed by atoms with Crippen LogP contribution >= 0.6 is 0 Å². The van der Waals surface area contributed by atoms with Crippen molar-refractivity contribution in [1.82, 2.24) is 0 Å². The number of fused-ring (bicyclic) bond motifs is 2. The molecule has 0 aromatic rings. The van der Waals surface area contributed by atoms with Gasteiger partial charge < -0.3 is 5.73 Å². The van der Waals surface area contributed by atoms with Crippen LogP contribution in [0.25, 0.3) is 0 Å². The lowest BCUT2D eigenvalue weighted by Crippen LogP contribution is -2.51. The molecule has 5 atom stereocenters. The number of hydrogen-bond donors (Lipinski definition) is 1. The van der Waals surface area contributed by atoms with E-state index in [9.17, 15) is 4.79 Å². The van der Waals surface area contributed by atoms with Crippen LogP contribution in [0.5, 0.6) is 0 Å². The molecule has 2 bridgehead atoms. The van der Waals surface area contributed by atoms with Crippen molar-refractivity contribution >= 4 is 14.7 Å². The number of carbonyl (C=O) groups excluding carboxylic acids is 1. The molecule has 0 aromatic heterocycles. The lowest BCUT2D eigenvalue weighted by molar-refractivity contribution is -0.128. The Labute approximate surface area is 149 Å². The largest absolute Gasteiger partial charge is 0.369 e. The van der Waals surface area contributed by atoms with E-state index < -0.39 is 8.80 Å². The van der Waals surface area contributed by atoms with Crippen LogP contribution in [-0.4, -0.2) is 14.7 Å². The summed E-state index contributed by atoms with van der Waals surface area (Å²) in [5.74, 6) is 1.66. The molecule has 0 aromatic carbocycles. The van der Waals surface area contributed by atoms with Gasteiger partial charge in [-0.1, -0.05) is 44.9 Å². The number of amides is 1. The minimum Gasteiger partial charge on any atom is -0.369 e. The molecule has 5 unspecified atom stereocenters. The lowest BCUT2D eigenvalue weighted by atomic mass is 9.63. The molecule has 0 aliphatic heterocycles. The van der Waals surface area contributed by atoms with Crippen molar-refractivity contribution in [1.29, 1.82) is 0 Å². The summed E-state index contributed by atoms with van der Waals surface area (Å²) >= 11 is 0. The molecule has 134 valence electrons. The Balaban J connectivity index is 2.20. The third-order valence-electron chi connectivity index (χ3n) is 8.20. The van der Waals surface area contributed by atoms with Gasteiger partial charge in [0, 0.05) is 8.80 Å². The van der Waals surface area contributed by atoms with Crippen LogP contribution in [0.15, 0.2) is 22.3 Å². The minimum atomic E-state index is -0.976. The zero-order chi connectivity index (χ0) is 17.8. The molecule has 0 heterocycles. The van der Waals surface area contributed by atoms with E-state index in [4.69, 9.17) is 5.73 Å². The summed E-state index contributed by atoms with van der Waals surface area (Å²) in [5.41, 5.74) is 12.2. The van der Waals surface area contributed by atoms with E-state index in [1.807, 2.05) is 0 Å². The van der Waals surface area contributed by atoms with Crippen LogP contribution in [0.1, 0.15) is 60.8 Å². The topological polar surface area (TPSA) is 43.1 Å².